The van der Waals surface area contributed by atoms with E-state index in [-0.39, 0.29) is 0 Å². The largest absolute Gasteiger partial charge is 0.451 e. The van der Waals surface area contributed by atoms with Crippen LogP contribution in [0.3, 0.4) is 0 Å². The zero-order valence-corrected chi connectivity index (χ0v) is 15.7. The topological polar surface area (TPSA) is 111 Å². The van der Waals surface area contributed by atoms with E-state index in [9.17, 15) is 14.4 Å². The quantitative estimate of drug-likeness (QED) is 0.608. The molecule has 0 aliphatic rings. The summed E-state index contributed by atoms with van der Waals surface area (Å²) in [6, 6.07) is 3.98. The summed E-state index contributed by atoms with van der Waals surface area (Å²) in [6.45, 7) is 5.25. The molecule has 0 aliphatic heterocycles. The van der Waals surface area contributed by atoms with Crippen LogP contribution in [0, 0.1) is 13.8 Å². The minimum Gasteiger partial charge on any atom is -0.451 e. The van der Waals surface area contributed by atoms with Crippen LogP contribution in [0.5, 0.6) is 0 Å². The second kappa shape index (κ2) is 9.93. The average molecular weight is 367 g/mol. The molecule has 0 aliphatic carbocycles. The van der Waals surface area contributed by atoms with Crippen LogP contribution in [0.2, 0.25) is 0 Å². The fourth-order valence-corrected chi connectivity index (χ4v) is 2.67. The van der Waals surface area contributed by atoms with E-state index in [1.165, 1.54) is 18.7 Å². The molecule has 0 saturated heterocycles. The Morgan fingerprint density at radius 2 is 1.84 bits per heavy atom. The molecular weight excluding hydrogens is 342 g/mol. The summed E-state index contributed by atoms with van der Waals surface area (Å²) in [4.78, 5) is 35.5. The maximum atomic E-state index is 12.3. The van der Waals surface area contributed by atoms with Crippen molar-refractivity contribution >= 4 is 35.4 Å². The van der Waals surface area contributed by atoms with E-state index in [4.69, 9.17) is 10.5 Å². The number of nitrogens with one attached hydrogen (secondary N) is 2. The van der Waals surface area contributed by atoms with Gasteiger partial charge in [-0.2, -0.15) is 11.8 Å². The molecule has 0 heterocycles. The first-order valence-corrected chi connectivity index (χ1v) is 9.28. The number of ether oxygens (including phenoxy) is 1. The standard InChI is InChI=1S/C17H25N3O4S/c1-10-6-5-7-11(2)14(10)20-15(21)12(3)24-16(22)13(8-9-25-4)19-17(18)23/h5-7,12-13H,8-9H2,1-4H3,(H,20,21)(H3,18,19,23)/t12-,13-/m1/s1. The zero-order chi connectivity index (χ0) is 19.0. The number of anilines is 1. The van der Waals surface area contributed by atoms with Crippen molar-refractivity contribution in [3.63, 3.8) is 0 Å². The lowest BCUT2D eigenvalue weighted by Gasteiger charge is -2.20. The van der Waals surface area contributed by atoms with Crippen molar-refractivity contribution in [2.75, 3.05) is 17.3 Å². The van der Waals surface area contributed by atoms with E-state index in [1.807, 2.05) is 38.3 Å². The van der Waals surface area contributed by atoms with Gasteiger partial charge < -0.3 is 21.1 Å². The molecule has 2 atom stereocenters. The molecular formula is C17H25N3O4S. The molecule has 1 rings (SSSR count). The molecule has 0 saturated carbocycles. The SMILES string of the molecule is CSCC[C@@H](NC(N)=O)C(=O)O[C@H](C)C(=O)Nc1c(C)cccc1C. The van der Waals surface area contributed by atoms with Crippen molar-refractivity contribution in [3.8, 4) is 0 Å². The van der Waals surface area contributed by atoms with E-state index in [0.717, 1.165) is 11.1 Å². The summed E-state index contributed by atoms with van der Waals surface area (Å²) in [5, 5.41) is 5.12. The van der Waals surface area contributed by atoms with E-state index >= 15 is 0 Å². The second-order valence-electron chi connectivity index (χ2n) is 5.68. The number of amides is 3. The minimum absolute atomic E-state index is 0.369. The van der Waals surface area contributed by atoms with Crippen molar-refractivity contribution in [1.29, 1.82) is 0 Å². The maximum Gasteiger partial charge on any atom is 0.329 e. The molecule has 7 nitrogen and oxygen atoms in total. The molecule has 138 valence electrons. The molecule has 0 radical (unpaired) electrons. The summed E-state index contributed by atoms with van der Waals surface area (Å²) in [6.07, 6.45) is 1.25. The van der Waals surface area contributed by atoms with Crippen LogP contribution in [0.4, 0.5) is 10.5 Å². The lowest BCUT2D eigenvalue weighted by atomic mass is 10.1. The first-order chi connectivity index (χ1) is 11.8. The van der Waals surface area contributed by atoms with Crippen LogP contribution in [0.25, 0.3) is 0 Å². The van der Waals surface area contributed by atoms with Gasteiger partial charge in [0.25, 0.3) is 5.91 Å². The average Bonchev–Trinajstić information content (AvgIpc) is 2.54. The van der Waals surface area contributed by atoms with Gasteiger partial charge in [0.1, 0.15) is 6.04 Å². The van der Waals surface area contributed by atoms with Gasteiger partial charge in [0.2, 0.25) is 0 Å². The number of nitrogens with two attached hydrogens (primary N) is 1. The number of thioether (sulfide) groups is 1. The van der Waals surface area contributed by atoms with Crippen molar-refractivity contribution < 1.29 is 19.1 Å². The van der Waals surface area contributed by atoms with Crippen LogP contribution in [0.1, 0.15) is 24.5 Å². The van der Waals surface area contributed by atoms with Crippen molar-refractivity contribution in [2.45, 2.75) is 39.3 Å². The molecule has 0 aromatic heterocycles. The molecule has 4 N–H and O–H groups in total. The number of primary amides is 1. The monoisotopic (exact) mass is 367 g/mol. The number of esters is 1. The molecule has 0 spiro atoms. The summed E-state index contributed by atoms with van der Waals surface area (Å²) >= 11 is 1.53. The Kier molecular flexibility index (Phi) is 8.27. The predicted octanol–water partition coefficient (Wildman–Crippen LogP) is 1.96. The van der Waals surface area contributed by atoms with E-state index in [0.29, 0.717) is 17.9 Å². The number of hydrogen-bond acceptors (Lipinski definition) is 5. The van der Waals surface area contributed by atoms with Gasteiger partial charge in [0.15, 0.2) is 6.10 Å². The molecule has 1 aromatic carbocycles. The van der Waals surface area contributed by atoms with Crippen molar-refractivity contribution in [1.82, 2.24) is 5.32 Å². The van der Waals surface area contributed by atoms with Crippen LogP contribution < -0.4 is 16.4 Å². The third-order valence-electron chi connectivity index (χ3n) is 3.60. The highest BCUT2D eigenvalue weighted by Crippen LogP contribution is 2.19. The van der Waals surface area contributed by atoms with E-state index in [2.05, 4.69) is 10.6 Å². The summed E-state index contributed by atoms with van der Waals surface area (Å²) in [7, 11) is 0. The Labute approximate surface area is 152 Å². The Morgan fingerprint density at radius 1 is 1.24 bits per heavy atom. The first-order valence-electron chi connectivity index (χ1n) is 7.88. The number of carbonyl (C=O) groups is 3. The second-order valence-corrected chi connectivity index (χ2v) is 6.66. The normalized spacial score (nSPS) is 12.8. The van der Waals surface area contributed by atoms with Gasteiger partial charge in [-0.15, -0.1) is 0 Å². The first kappa shape index (κ1) is 20.8. The maximum absolute atomic E-state index is 12.3. The molecule has 25 heavy (non-hydrogen) atoms. The number of urea groups is 1. The Bertz CT molecular complexity index is 616. The highest BCUT2D eigenvalue weighted by molar-refractivity contribution is 7.98. The lowest BCUT2D eigenvalue weighted by molar-refractivity contribution is -0.155. The summed E-state index contributed by atoms with van der Waals surface area (Å²) in [5.41, 5.74) is 7.62. The Hall–Kier alpha value is -2.22. The number of rotatable bonds is 8. The molecule has 3 amide bonds. The number of para-hydroxylation sites is 1. The van der Waals surface area contributed by atoms with Crippen LogP contribution in [-0.4, -0.2) is 42.1 Å². The van der Waals surface area contributed by atoms with Gasteiger partial charge >= 0.3 is 12.0 Å². The van der Waals surface area contributed by atoms with Crippen LogP contribution in [0.15, 0.2) is 18.2 Å². The number of benzene rings is 1. The van der Waals surface area contributed by atoms with Crippen molar-refractivity contribution in [2.24, 2.45) is 5.73 Å². The fourth-order valence-electron chi connectivity index (χ4n) is 2.20. The van der Waals surface area contributed by atoms with E-state index < -0.39 is 30.1 Å². The smallest absolute Gasteiger partial charge is 0.329 e. The van der Waals surface area contributed by atoms with Gasteiger partial charge in [0, 0.05) is 5.69 Å². The zero-order valence-electron chi connectivity index (χ0n) is 14.9. The highest BCUT2D eigenvalue weighted by Gasteiger charge is 2.26. The number of aryl methyl sites for hydroxylation is 2. The molecule has 8 heteroatoms. The minimum atomic E-state index is -1.00. The van der Waals surface area contributed by atoms with Crippen molar-refractivity contribution in [3.05, 3.63) is 29.3 Å². The van der Waals surface area contributed by atoms with Gasteiger partial charge in [-0.1, -0.05) is 18.2 Å². The van der Waals surface area contributed by atoms with Gasteiger partial charge in [-0.05, 0) is 50.3 Å². The summed E-state index contributed by atoms with van der Waals surface area (Å²) < 4.78 is 5.19. The highest BCUT2D eigenvalue weighted by atomic mass is 32.2. The fraction of sp³-hybridized carbons (Fsp3) is 0.471. The number of hydrogen-bond donors (Lipinski definition) is 3. The third-order valence-corrected chi connectivity index (χ3v) is 4.25. The predicted molar refractivity (Wildman–Crippen MR) is 99.6 cm³/mol. The molecule has 0 bridgehead atoms. The van der Waals surface area contributed by atoms with Gasteiger partial charge in [-0.3, -0.25) is 4.79 Å². The lowest BCUT2D eigenvalue weighted by Crippen LogP contribution is -2.46. The molecule has 0 fully saturated rings. The Balaban J connectivity index is 2.71. The summed E-state index contributed by atoms with van der Waals surface area (Å²) in [5.74, 6) is -0.478. The molecule has 0 unspecified atom stereocenters. The van der Waals surface area contributed by atoms with Crippen LogP contribution in [-0.2, 0) is 14.3 Å². The van der Waals surface area contributed by atoms with Crippen LogP contribution >= 0.6 is 11.8 Å². The van der Waals surface area contributed by atoms with Gasteiger partial charge in [0.05, 0.1) is 0 Å². The third kappa shape index (κ3) is 6.66. The van der Waals surface area contributed by atoms with Gasteiger partial charge in [-0.25, -0.2) is 9.59 Å². The Morgan fingerprint density at radius 3 is 2.36 bits per heavy atom. The number of carbonyl (C=O) groups excluding carboxylic acids is 3. The van der Waals surface area contributed by atoms with E-state index in [1.54, 1.807) is 0 Å². The molecule has 1 aromatic rings.